The number of anilines is 1. The molecule has 0 saturated heterocycles. The number of nitrogens with zero attached hydrogens (tertiary/aromatic N) is 2. The third-order valence-electron chi connectivity index (χ3n) is 3.84. The van der Waals surface area contributed by atoms with Crippen LogP contribution in [-0.2, 0) is 19.3 Å². The molecule has 0 spiro atoms. The molecule has 4 heteroatoms. The van der Waals surface area contributed by atoms with Gasteiger partial charge in [-0.2, -0.15) is 0 Å². The summed E-state index contributed by atoms with van der Waals surface area (Å²) in [5.41, 5.74) is 1.73. The second kappa shape index (κ2) is 5.56. The molecule has 2 aromatic rings. The van der Waals surface area contributed by atoms with Crippen molar-refractivity contribution in [2.45, 2.75) is 59.8 Å². The fourth-order valence-corrected chi connectivity index (χ4v) is 4.24. The fourth-order valence-electron chi connectivity index (χ4n) is 2.96. The molecule has 0 saturated carbocycles. The van der Waals surface area contributed by atoms with Crippen molar-refractivity contribution >= 4 is 27.4 Å². The molecular weight excluding hydrogens is 278 g/mol. The van der Waals surface area contributed by atoms with Crippen molar-refractivity contribution in [3.8, 4) is 0 Å². The molecule has 2 heterocycles. The lowest BCUT2D eigenvalue weighted by atomic mass is 9.92. The summed E-state index contributed by atoms with van der Waals surface area (Å²) in [5, 5.41) is 4.84. The molecule has 0 aliphatic heterocycles. The molecule has 1 aliphatic carbocycles. The zero-order chi connectivity index (χ0) is 15.0. The number of hydrogen-bond acceptors (Lipinski definition) is 4. The number of fused-ring (bicyclic) bond motifs is 3. The lowest BCUT2D eigenvalue weighted by molar-refractivity contribution is 0.401. The van der Waals surface area contributed by atoms with E-state index >= 15 is 0 Å². The normalized spacial score (nSPS) is 14.7. The minimum atomic E-state index is 0.218. The quantitative estimate of drug-likeness (QED) is 0.897. The van der Waals surface area contributed by atoms with E-state index in [2.05, 4.69) is 33.0 Å². The maximum absolute atomic E-state index is 4.86. The minimum Gasteiger partial charge on any atom is -0.369 e. The van der Waals surface area contributed by atoms with Gasteiger partial charge in [0.2, 0.25) is 0 Å². The van der Waals surface area contributed by atoms with Gasteiger partial charge in [0.25, 0.3) is 0 Å². The van der Waals surface area contributed by atoms with Gasteiger partial charge >= 0.3 is 0 Å². The highest BCUT2D eigenvalue weighted by atomic mass is 32.1. The predicted octanol–water partition coefficient (Wildman–Crippen LogP) is 4.59. The van der Waals surface area contributed by atoms with Crippen molar-refractivity contribution in [2.24, 2.45) is 5.41 Å². The Labute approximate surface area is 131 Å². The number of hydrogen-bond donors (Lipinski definition) is 1. The van der Waals surface area contributed by atoms with E-state index in [4.69, 9.17) is 9.97 Å². The van der Waals surface area contributed by atoms with Crippen molar-refractivity contribution in [3.05, 3.63) is 16.3 Å². The van der Waals surface area contributed by atoms with E-state index in [9.17, 15) is 0 Å². The van der Waals surface area contributed by atoms with E-state index < -0.39 is 0 Å². The monoisotopic (exact) mass is 303 g/mol. The first-order chi connectivity index (χ1) is 9.98. The molecule has 0 radical (unpaired) electrons. The van der Waals surface area contributed by atoms with Crippen LogP contribution in [0, 0.1) is 5.41 Å². The van der Waals surface area contributed by atoms with E-state index in [1.165, 1.54) is 39.9 Å². The summed E-state index contributed by atoms with van der Waals surface area (Å²) in [5.74, 6) is 2.05. The Balaban J connectivity index is 2.08. The van der Waals surface area contributed by atoms with Gasteiger partial charge in [0.15, 0.2) is 0 Å². The first kappa shape index (κ1) is 14.8. The van der Waals surface area contributed by atoms with Crippen LogP contribution in [0.25, 0.3) is 10.2 Å². The van der Waals surface area contributed by atoms with Crippen LogP contribution in [0.2, 0.25) is 0 Å². The SMILES string of the molecule is CCCNc1nc(CC(C)(C)C)nc2sc3c(c12)CCC3. The number of aromatic nitrogens is 2. The van der Waals surface area contributed by atoms with Crippen LogP contribution < -0.4 is 5.32 Å². The van der Waals surface area contributed by atoms with E-state index in [1.807, 2.05) is 11.3 Å². The summed E-state index contributed by atoms with van der Waals surface area (Å²) in [6.45, 7) is 9.90. The Morgan fingerprint density at radius 2 is 2.00 bits per heavy atom. The van der Waals surface area contributed by atoms with Crippen molar-refractivity contribution in [1.82, 2.24) is 9.97 Å². The standard InChI is InChI=1S/C17H25N3S/c1-5-9-18-15-14-11-7-6-8-12(11)21-16(14)20-13(19-15)10-17(2,3)4/h5-10H2,1-4H3,(H,18,19,20). The van der Waals surface area contributed by atoms with Crippen LogP contribution in [0.4, 0.5) is 5.82 Å². The van der Waals surface area contributed by atoms with Crippen LogP contribution in [0.15, 0.2) is 0 Å². The number of thiophene rings is 1. The molecule has 1 N–H and O–H groups in total. The molecule has 0 atom stereocenters. The van der Waals surface area contributed by atoms with Crippen LogP contribution in [0.5, 0.6) is 0 Å². The minimum absolute atomic E-state index is 0.218. The third kappa shape index (κ3) is 3.05. The molecule has 0 fully saturated rings. The van der Waals surface area contributed by atoms with Gasteiger partial charge in [0, 0.05) is 17.8 Å². The molecule has 0 amide bonds. The number of rotatable bonds is 4. The van der Waals surface area contributed by atoms with E-state index in [-0.39, 0.29) is 5.41 Å². The van der Waals surface area contributed by atoms with Crippen LogP contribution >= 0.6 is 11.3 Å². The average Bonchev–Trinajstić information content (AvgIpc) is 2.93. The van der Waals surface area contributed by atoms with Crippen LogP contribution in [0.3, 0.4) is 0 Å². The largest absolute Gasteiger partial charge is 0.369 e. The summed E-state index contributed by atoms with van der Waals surface area (Å²) < 4.78 is 0. The van der Waals surface area contributed by atoms with Crippen LogP contribution in [0.1, 0.15) is 56.8 Å². The molecule has 21 heavy (non-hydrogen) atoms. The van der Waals surface area contributed by atoms with E-state index in [1.54, 1.807) is 0 Å². The smallest absolute Gasteiger partial charge is 0.138 e. The third-order valence-corrected chi connectivity index (χ3v) is 5.03. The van der Waals surface area contributed by atoms with Crippen molar-refractivity contribution < 1.29 is 0 Å². The molecule has 114 valence electrons. The van der Waals surface area contributed by atoms with E-state index in [0.29, 0.717) is 0 Å². The maximum atomic E-state index is 4.86. The van der Waals surface area contributed by atoms with Crippen molar-refractivity contribution in [2.75, 3.05) is 11.9 Å². The molecule has 0 aromatic carbocycles. The Kier molecular flexibility index (Phi) is 3.91. The van der Waals surface area contributed by atoms with Crippen molar-refractivity contribution in [1.29, 1.82) is 0 Å². The topological polar surface area (TPSA) is 37.8 Å². The maximum Gasteiger partial charge on any atom is 0.138 e. The summed E-state index contributed by atoms with van der Waals surface area (Å²) >= 11 is 1.88. The van der Waals surface area contributed by atoms with Gasteiger partial charge in [0.05, 0.1) is 5.39 Å². The molecule has 2 aromatic heterocycles. The molecule has 3 rings (SSSR count). The zero-order valence-electron chi connectivity index (χ0n) is 13.5. The van der Waals surface area contributed by atoms with Gasteiger partial charge in [-0.3, -0.25) is 0 Å². The highest BCUT2D eigenvalue weighted by Crippen LogP contribution is 2.39. The second-order valence-electron chi connectivity index (χ2n) is 7.19. The highest BCUT2D eigenvalue weighted by Gasteiger charge is 2.23. The molecule has 1 aliphatic rings. The first-order valence-electron chi connectivity index (χ1n) is 8.03. The molecule has 0 unspecified atom stereocenters. The lowest BCUT2D eigenvalue weighted by Gasteiger charge is -2.17. The van der Waals surface area contributed by atoms with Crippen LogP contribution in [-0.4, -0.2) is 16.5 Å². The first-order valence-corrected chi connectivity index (χ1v) is 8.84. The molecule has 0 bridgehead atoms. The van der Waals surface area contributed by atoms with Gasteiger partial charge in [-0.15, -0.1) is 11.3 Å². The summed E-state index contributed by atoms with van der Waals surface area (Å²) in [4.78, 5) is 12.4. The van der Waals surface area contributed by atoms with Gasteiger partial charge in [-0.05, 0) is 36.7 Å². The molecular formula is C17H25N3S. The van der Waals surface area contributed by atoms with Gasteiger partial charge < -0.3 is 5.32 Å². The number of aryl methyl sites for hydroxylation is 2. The highest BCUT2D eigenvalue weighted by molar-refractivity contribution is 7.19. The molecule has 3 nitrogen and oxygen atoms in total. The number of nitrogens with one attached hydrogen (secondary N) is 1. The summed E-state index contributed by atoms with van der Waals surface area (Å²) in [7, 11) is 0. The van der Waals surface area contributed by atoms with Gasteiger partial charge in [-0.25, -0.2) is 9.97 Å². The summed E-state index contributed by atoms with van der Waals surface area (Å²) in [6, 6.07) is 0. The predicted molar refractivity (Wildman–Crippen MR) is 91.4 cm³/mol. The second-order valence-corrected chi connectivity index (χ2v) is 8.27. The summed E-state index contributed by atoms with van der Waals surface area (Å²) in [6.07, 6.45) is 5.74. The Hall–Kier alpha value is -1.16. The van der Waals surface area contributed by atoms with E-state index in [0.717, 1.165) is 31.0 Å². The Morgan fingerprint density at radius 3 is 2.71 bits per heavy atom. The zero-order valence-corrected chi connectivity index (χ0v) is 14.4. The van der Waals surface area contributed by atoms with Gasteiger partial charge in [0.1, 0.15) is 16.5 Å². The fraction of sp³-hybridized carbons (Fsp3) is 0.647. The Bertz CT molecular complexity index is 652. The Morgan fingerprint density at radius 1 is 1.19 bits per heavy atom. The van der Waals surface area contributed by atoms with Gasteiger partial charge in [-0.1, -0.05) is 27.7 Å². The average molecular weight is 303 g/mol. The lowest BCUT2D eigenvalue weighted by Crippen LogP contribution is -2.13. The van der Waals surface area contributed by atoms with Crippen molar-refractivity contribution in [3.63, 3.8) is 0 Å².